The Hall–Kier alpha value is -1.20. The zero-order chi connectivity index (χ0) is 15.1. The van der Waals surface area contributed by atoms with Crippen molar-refractivity contribution in [3.63, 3.8) is 0 Å². The van der Waals surface area contributed by atoms with Crippen LogP contribution in [0, 0.1) is 0 Å². The second-order valence-electron chi connectivity index (χ2n) is 5.49. The van der Waals surface area contributed by atoms with Crippen LogP contribution in [0.1, 0.15) is 18.4 Å². The molecule has 0 radical (unpaired) electrons. The van der Waals surface area contributed by atoms with Crippen molar-refractivity contribution in [3.8, 4) is 5.75 Å². The number of piperidine rings is 1. The Labute approximate surface area is 131 Å². The minimum absolute atomic E-state index is 0.156. The van der Waals surface area contributed by atoms with E-state index >= 15 is 0 Å². The zero-order valence-electron chi connectivity index (χ0n) is 12.8. The molecule has 4 nitrogen and oxygen atoms in total. The fourth-order valence-corrected chi connectivity index (χ4v) is 3.20. The van der Waals surface area contributed by atoms with E-state index in [9.17, 15) is 4.79 Å². The van der Waals surface area contributed by atoms with Crippen LogP contribution in [0.2, 0.25) is 0 Å². The van der Waals surface area contributed by atoms with Crippen LogP contribution in [-0.4, -0.2) is 49.8 Å². The van der Waals surface area contributed by atoms with Crippen molar-refractivity contribution < 1.29 is 9.53 Å². The lowest BCUT2D eigenvalue weighted by atomic mass is 10.1. The first kappa shape index (κ1) is 16.2. The number of benzene rings is 1. The first-order valence-electron chi connectivity index (χ1n) is 7.36. The molecule has 1 saturated heterocycles. The quantitative estimate of drug-likeness (QED) is 0.874. The molecule has 0 spiro atoms. The van der Waals surface area contributed by atoms with Crippen LogP contribution in [0.3, 0.4) is 0 Å². The highest BCUT2D eigenvalue weighted by molar-refractivity contribution is 7.99. The summed E-state index contributed by atoms with van der Waals surface area (Å²) in [6, 6.07) is 8.35. The zero-order valence-corrected chi connectivity index (χ0v) is 13.6. The molecule has 0 atom stereocenters. The van der Waals surface area contributed by atoms with Crippen LogP contribution in [0.15, 0.2) is 24.3 Å². The summed E-state index contributed by atoms with van der Waals surface area (Å²) in [7, 11) is 3.79. The highest BCUT2D eigenvalue weighted by atomic mass is 32.2. The Bertz CT molecular complexity index is 442. The van der Waals surface area contributed by atoms with Gasteiger partial charge in [0.25, 0.3) is 0 Å². The van der Waals surface area contributed by atoms with E-state index in [0.29, 0.717) is 11.8 Å². The van der Waals surface area contributed by atoms with E-state index in [4.69, 9.17) is 4.74 Å². The molecular formula is C16H24N2O2S. The van der Waals surface area contributed by atoms with E-state index in [2.05, 4.69) is 17.3 Å². The van der Waals surface area contributed by atoms with E-state index in [1.807, 2.05) is 24.3 Å². The van der Waals surface area contributed by atoms with Crippen molar-refractivity contribution in [3.05, 3.63) is 29.8 Å². The lowest BCUT2D eigenvalue weighted by molar-refractivity contribution is -0.119. The molecule has 0 unspecified atom stereocenters. The van der Waals surface area contributed by atoms with Crippen LogP contribution in [-0.2, 0) is 10.5 Å². The Morgan fingerprint density at radius 2 is 2.00 bits per heavy atom. The summed E-state index contributed by atoms with van der Waals surface area (Å²) in [5.74, 6) is 2.40. The van der Waals surface area contributed by atoms with Crippen molar-refractivity contribution in [2.45, 2.75) is 24.6 Å². The van der Waals surface area contributed by atoms with Gasteiger partial charge in [-0.1, -0.05) is 12.1 Å². The summed E-state index contributed by atoms with van der Waals surface area (Å²) in [6.45, 7) is 2.15. The van der Waals surface area contributed by atoms with Gasteiger partial charge >= 0.3 is 0 Å². The number of carbonyl (C=O) groups is 1. The highest BCUT2D eigenvalue weighted by Crippen LogP contribution is 2.16. The number of methoxy groups -OCH3 is 1. The first-order chi connectivity index (χ1) is 10.2. The number of nitrogens with one attached hydrogen (secondary N) is 1. The van der Waals surface area contributed by atoms with Crippen LogP contribution >= 0.6 is 11.8 Å². The average molecular weight is 308 g/mol. The molecule has 1 amide bonds. The van der Waals surface area contributed by atoms with Crippen molar-refractivity contribution in [1.29, 1.82) is 0 Å². The lowest BCUT2D eigenvalue weighted by Gasteiger charge is -2.29. The predicted octanol–water partition coefficient (Wildman–Crippen LogP) is 2.14. The number of ether oxygens (including phenoxy) is 1. The summed E-state index contributed by atoms with van der Waals surface area (Å²) in [4.78, 5) is 14.2. The summed E-state index contributed by atoms with van der Waals surface area (Å²) >= 11 is 1.65. The van der Waals surface area contributed by atoms with Gasteiger partial charge in [0.1, 0.15) is 5.75 Å². The molecule has 0 aromatic heterocycles. The monoisotopic (exact) mass is 308 g/mol. The number of likely N-dealkylation sites (tertiary alicyclic amines) is 1. The number of hydrogen-bond donors (Lipinski definition) is 1. The van der Waals surface area contributed by atoms with E-state index in [1.54, 1.807) is 18.9 Å². The van der Waals surface area contributed by atoms with E-state index in [0.717, 1.165) is 37.4 Å². The number of carbonyl (C=O) groups excluding carboxylic acids is 1. The topological polar surface area (TPSA) is 41.6 Å². The minimum Gasteiger partial charge on any atom is -0.497 e. The Kier molecular flexibility index (Phi) is 6.39. The molecule has 21 heavy (non-hydrogen) atoms. The molecule has 1 aliphatic rings. The second-order valence-corrected chi connectivity index (χ2v) is 6.47. The molecule has 1 aliphatic heterocycles. The minimum atomic E-state index is 0.156. The molecule has 1 N–H and O–H groups in total. The van der Waals surface area contributed by atoms with Gasteiger partial charge in [-0.25, -0.2) is 0 Å². The smallest absolute Gasteiger partial charge is 0.230 e. The van der Waals surface area contributed by atoms with E-state index in [-0.39, 0.29) is 5.91 Å². The summed E-state index contributed by atoms with van der Waals surface area (Å²) < 4.78 is 5.13. The molecule has 1 heterocycles. The third-order valence-corrected chi connectivity index (χ3v) is 4.75. The lowest BCUT2D eigenvalue weighted by Crippen LogP contribution is -2.43. The van der Waals surface area contributed by atoms with Crippen LogP contribution < -0.4 is 10.1 Å². The standard InChI is InChI=1S/C16H24N2O2S/c1-18-9-7-14(8-10-18)17-16(19)12-21-11-13-3-5-15(20-2)6-4-13/h3-6,14H,7-12H2,1-2H3,(H,17,19). The molecule has 116 valence electrons. The van der Waals surface area contributed by atoms with Crippen LogP contribution in [0.25, 0.3) is 0 Å². The highest BCUT2D eigenvalue weighted by Gasteiger charge is 2.18. The van der Waals surface area contributed by atoms with Gasteiger partial charge in [-0.2, -0.15) is 0 Å². The summed E-state index contributed by atoms with van der Waals surface area (Å²) in [5.41, 5.74) is 1.22. The SMILES string of the molecule is COc1ccc(CSCC(=O)NC2CCN(C)CC2)cc1. The van der Waals surface area contributed by atoms with Gasteiger partial charge in [0, 0.05) is 11.8 Å². The second kappa shape index (κ2) is 8.29. The van der Waals surface area contributed by atoms with Crippen LogP contribution in [0.4, 0.5) is 0 Å². The van der Waals surface area contributed by atoms with Gasteiger partial charge in [0.05, 0.1) is 12.9 Å². The predicted molar refractivity (Wildman–Crippen MR) is 87.8 cm³/mol. The molecule has 0 saturated carbocycles. The van der Waals surface area contributed by atoms with Crippen molar-refractivity contribution in [2.24, 2.45) is 0 Å². The maximum atomic E-state index is 11.9. The molecule has 0 aliphatic carbocycles. The van der Waals surface area contributed by atoms with Gasteiger partial charge in [0.2, 0.25) is 5.91 Å². The fraction of sp³-hybridized carbons (Fsp3) is 0.562. The van der Waals surface area contributed by atoms with Gasteiger partial charge < -0.3 is 15.0 Å². The van der Waals surface area contributed by atoms with Gasteiger partial charge in [-0.05, 0) is 50.7 Å². The number of hydrogen-bond acceptors (Lipinski definition) is 4. The maximum Gasteiger partial charge on any atom is 0.230 e. The molecule has 1 aromatic carbocycles. The normalized spacial score (nSPS) is 16.7. The van der Waals surface area contributed by atoms with Crippen molar-refractivity contribution >= 4 is 17.7 Å². The Morgan fingerprint density at radius 1 is 1.33 bits per heavy atom. The molecule has 2 rings (SSSR count). The first-order valence-corrected chi connectivity index (χ1v) is 8.51. The summed E-state index contributed by atoms with van der Waals surface area (Å²) in [5, 5.41) is 3.14. The van der Waals surface area contributed by atoms with Crippen LogP contribution in [0.5, 0.6) is 5.75 Å². The van der Waals surface area contributed by atoms with Gasteiger partial charge in [-0.15, -0.1) is 11.8 Å². The molecule has 1 aromatic rings. The Morgan fingerprint density at radius 3 is 2.62 bits per heavy atom. The molecule has 5 heteroatoms. The summed E-state index contributed by atoms with van der Waals surface area (Å²) in [6.07, 6.45) is 2.12. The number of rotatable bonds is 6. The molecular weight excluding hydrogens is 284 g/mol. The van der Waals surface area contributed by atoms with Gasteiger partial charge in [0.15, 0.2) is 0 Å². The maximum absolute atomic E-state index is 11.9. The molecule has 1 fully saturated rings. The number of amides is 1. The van der Waals surface area contributed by atoms with Gasteiger partial charge in [-0.3, -0.25) is 4.79 Å². The largest absolute Gasteiger partial charge is 0.497 e. The Balaban J connectivity index is 1.64. The van der Waals surface area contributed by atoms with Crippen molar-refractivity contribution in [2.75, 3.05) is 33.0 Å². The third kappa shape index (κ3) is 5.59. The number of thioether (sulfide) groups is 1. The molecule has 0 bridgehead atoms. The van der Waals surface area contributed by atoms with Crippen molar-refractivity contribution in [1.82, 2.24) is 10.2 Å². The average Bonchev–Trinajstić information content (AvgIpc) is 2.50. The third-order valence-electron chi connectivity index (χ3n) is 3.74. The fourth-order valence-electron chi connectivity index (χ4n) is 2.41. The van der Waals surface area contributed by atoms with E-state index < -0.39 is 0 Å². The number of nitrogens with zero attached hydrogens (tertiary/aromatic N) is 1. The van der Waals surface area contributed by atoms with E-state index in [1.165, 1.54) is 5.56 Å².